The quantitative estimate of drug-likeness (QED) is 0.0514. The Morgan fingerprint density at radius 1 is 0.863 bits per heavy atom. The third kappa shape index (κ3) is 16.0. The van der Waals surface area contributed by atoms with Gasteiger partial charge in [-0.15, -0.1) is 0 Å². The van der Waals surface area contributed by atoms with Crippen LogP contribution in [-0.2, 0) is 51.7 Å². The summed E-state index contributed by atoms with van der Waals surface area (Å²) in [6.45, 7) is 29.5. The van der Waals surface area contributed by atoms with E-state index in [2.05, 4.69) is 73.7 Å². The molecule has 3 fully saturated rings. The molecule has 1 N–H and O–H groups in total. The molecule has 0 radical (unpaired) electrons. The number of ether oxygens (including phenoxy) is 5. The molecule has 1 amide bonds. The molecule has 4 aliphatic rings. The van der Waals surface area contributed by atoms with Gasteiger partial charge in [0.1, 0.15) is 24.0 Å². The Morgan fingerprint density at radius 2 is 1.50 bits per heavy atom. The van der Waals surface area contributed by atoms with Crippen LogP contribution in [-0.4, -0.2) is 138 Å². The smallest absolute Gasteiger partial charge is 0.329 e. The summed E-state index contributed by atoms with van der Waals surface area (Å²) in [6.07, 6.45) is 6.52. The lowest BCUT2D eigenvalue weighted by molar-refractivity contribution is -0.302. The molecule has 0 spiro atoms. The number of hydrogen-bond acceptors (Lipinski definition) is 13. The zero-order valence-electron chi connectivity index (χ0n) is 52.3. The molecule has 16 heteroatoms. The number of amides is 1. The van der Waals surface area contributed by atoms with Gasteiger partial charge in [0, 0.05) is 64.0 Å². The van der Waals surface area contributed by atoms with Crippen LogP contribution in [0.25, 0.3) is 0 Å². The Morgan fingerprint density at radius 3 is 2.09 bits per heavy atom. The number of ketones is 3. The molecule has 1 saturated carbocycles. The second-order valence-corrected chi connectivity index (χ2v) is 35.5. The highest BCUT2D eigenvalue weighted by molar-refractivity contribution is 6.74. The molecule has 0 aromatic heterocycles. The van der Waals surface area contributed by atoms with Crippen molar-refractivity contribution in [2.45, 2.75) is 257 Å². The second-order valence-electron chi connectivity index (χ2n) is 26.0. The molecule has 2 bridgehead atoms. The number of carbonyl (C=O) groups excluding carboxylic acids is 5. The number of benzene rings is 1. The summed E-state index contributed by atoms with van der Waals surface area (Å²) in [5, 5.41) is 12.2. The third-order valence-electron chi connectivity index (χ3n) is 19.6. The lowest BCUT2D eigenvalue weighted by Gasteiger charge is -2.50. The Hall–Kier alpha value is -3.20. The number of cyclic esters (lactones) is 1. The average molecular weight is 1150 g/mol. The third-order valence-corrected chi connectivity index (χ3v) is 28.8. The molecule has 14 nitrogen and oxygen atoms in total. The van der Waals surface area contributed by atoms with Crippen molar-refractivity contribution in [1.82, 2.24) is 4.90 Å². The normalized spacial score (nSPS) is 33.5. The van der Waals surface area contributed by atoms with Gasteiger partial charge in [-0.25, -0.2) is 4.79 Å². The summed E-state index contributed by atoms with van der Waals surface area (Å²) >= 11 is 0. The minimum Gasteiger partial charge on any atom is -0.456 e. The second kappa shape index (κ2) is 29.1. The number of Topliss-reactive ketones (excluding diaryl/α,β-unsaturated/α-hetero) is 3. The SMILES string of the molecule is CCC1C=C(C)CC(C)CC(OC)C2OC(O)(C(=O)C(=O)N3CCCCC3C(=O)OC(C(C)=CC3CCC(CCC(=O)c4ccccc4)(O[Si](CC)(CC)CC)C(OC)C3)C(C)C(O[Si](C)(C)C(C)(C)C)CC1=O)C(C)CC2OC. The van der Waals surface area contributed by atoms with Crippen molar-refractivity contribution in [3.8, 4) is 0 Å². The predicted molar refractivity (Wildman–Crippen MR) is 319 cm³/mol. The molecule has 3 heterocycles. The van der Waals surface area contributed by atoms with Crippen LogP contribution >= 0.6 is 0 Å². The number of carbonyl (C=O) groups is 5. The summed E-state index contributed by atoms with van der Waals surface area (Å²) in [4.78, 5) is 74.8. The maximum absolute atomic E-state index is 15.3. The maximum Gasteiger partial charge on any atom is 0.329 e. The predicted octanol–water partition coefficient (Wildman–Crippen LogP) is 12.6. The molecule has 14 atom stereocenters. The van der Waals surface area contributed by atoms with Gasteiger partial charge in [0.2, 0.25) is 5.79 Å². The number of piperidine rings is 1. The van der Waals surface area contributed by atoms with Crippen LogP contribution in [0.1, 0.15) is 177 Å². The Bertz CT molecular complexity index is 2290. The van der Waals surface area contributed by atoms with Gasteiger partial charge < -0.3 is 42.5 Å². The van der Waals surface area contributed by atoms with Crippen molar-refractivity contribution >= 4 is 45.9 Å². The summed E-state index contributed by atoms with van der Waals surface area (Å²) in [5.41, 5.74) is 1.81. The van der Waals surface area contributed by atoms with Crippen molar-refractivity contribution < 1.29 is 61.6 Å². The van der Waals surface area contributed by atoms with E-state index in [0.717, 1.165) is 35.7 Å². The van der Waals surface area contributed by atoms with E-state index >= 15 is 4.79 Å². The molecule has 5 rings (SSSR count). The fourth-order valence-electron chi connectivity index (χ4n) is 13.1. The van der Waals surface area contributed by atoms with Crippen LogP contribution in [0.15, 0.2) is 53.6 Å². The first-order valence-corrected chi connectivity index (χ1v) is 36.0. The first-order valence-electron chi connectivity index (χ1n) is 30.5. The number of fused-ring (bicyclic) bond motifs is 3. The zero-order valence-corrected chi connectivity index (χ0v) is 54.3. The molecular weight excluding hydrogens is 1050 g/mol. The molecule has 2 saturated heterocycles. The highest BCUT2D eigenvalue weighted by Crippen LogP contribution is 2.46. The van der Waals surface area contributed by atoms with Crippen molar-refractivity contribution in [2.24, 2.45) is 29.6 Å². The molecule has 452 valence electrons. The van der Waals surface area contributed by atoms with E-state index in [1.165, 1.54) is 4.90 Å². The van der Waals surface area contributed by atoms with Gasteiger partial charge in [-0.1, -0.05) is 117 Å². The number of hydrogen-bond donors (Lipinski definition) is 1. The van der Waals surface area contributed by atoms with E-state index in [0.29, 0.717) is 63.4 Å². The van der Waals surface area contributed by atoms with E-state index in [1.807, 2.05) is 58.0 Å². The minimum atomic E-state index is -2.60. The molecule has 3 aliphatic heterocycles. The van der Waals surface area contributed by atoms with Crippen LogP contribution in [0.2, 0.25) is 36.3 Å². The lowest BCUT2D eigenvalue weighted by Crippen LogP contribution is -2.64. The van der Waals surface area contributed by atoms with Crippen LogP contribution < -0.4 is 0 Å². The zero-order chi connectivity index (χ0) is 59.5. The fraction of sp³-hybridized carbons (Fsp3) is 0.766. The highest BCUT2D eigenvalue weighted by atomic mass is 28.4. The lowest BCUT2D eigenvalue weighted by atomic mass is 9.73. The van der Waals surface area contributed by atoms with Gasteiger partial charge >= 0.3 is 5.97 Å². The van der Waals surface area contributed by atoms with E-state index < -0.39 is 100.0 Å². The maximum atomic E-state index is 15.3. The standard InChI is InChI=1S/C64H105NO13Si2/c1-18-48-36-42(5)35-43(6)37-54(72-13)58-55(73-14)39-45(8)64(71,76-58)59(68)60(69)65-34-26-25-29-50(65)61(70)75-57(46(9)53(41-52(48)67)77-79(16,17)62(10,11)12)44(7)38-47-30-32-63(56(40-47)74-15,78-80(19-2,20-3)21-4)33-31-51(66)49-27-23-22-24-28-49/h22-24,27-28,36,38,43,45-48,50,53-58,71H,18-21,25-26,29-35,37,39-41H2,1-17H3. The van der Waals surface area contributed by atoms with E-state index in [4.69, 9.17) is 32.5 Å². The molecule has 80 heavy (non-hydrogen) atoms. The average Bonchev–Trinajstić information content (AvgIpc) is 3.43. The van der Waals surface area contributed by atoms with Crippen LogP contribution in [0.4, 0.5) is 0 Å². The molecular formula is C64H105NO13Si2. The Labute approximate surface area is 483 Å². The largest absolute Gasteiger partial charge is 0.456 e. The van der Waals surface area contributed by atoms with Crippen molar-refractivity contribution in [3.05, 3.63) is 59.2 Å². The number of nitrogens with zero attached hydrogens (tertiary/aromatic N) is 1. The van der Waals surface area contributed by atoms with Gasteiger partial charge in [0.25, 0.3) is 11.7 Å². The van der Waals surface area contributed by atoms with Crippen molar-refractivity contribution in [2.75, 3.05) is 27.9 Å². The van der Waals surface area contributed by atoms with Gasteiger partial charge in [0.05, 0.1) is 30.0 Å². The van der Waals surface area contributed by atoms with Gasteiger partial charge in [-0.3, -0.25) is 19.2 Å². The molecule has 1 aromatic rings. The van der Waals surface area contributed by atoms with Gasteiger partial charge in [-0.05, 0) is 138 Å². The number of rotatable bonds is 17. The summed E-state index contributed by atoms with van der Waals surface area (Å²) in [6, 6.07) is 11.1. The van der Waals surface area contributed by atoms with E-state index in [9.17, 15) is 24.3 Å². The number of allylic oxidation sites excluding steroid dienone is 3. The van der Waals surface area contributed by atoms with Crippen LogP contribution in [0.5, 0.6) is 0 Å². The topological polar surface area (TPSA) is 173 Å². The number of methoxy groups -OCH3 is 3. The Kier molecular flexibility index (Phi) is 24.6. The van der Waals surface area contributed by atoms with E-state index in [-0.39, 0.29) is 60.4 Å². The first-order chi connectivity index (χ1) is 37.6. The minimum absolute atomic E-state index is 0.0295. The van der Waals surface area contributed by atoms with Gasteiger partial charge in [0.15, 0.2) is 22.4 Å². The first kappa shape index (κ1) is 67.6. The number of aliphatic hydroxyl groups is 1. The van der Waals surface area contributed by atoms with E-state index in [1.54, 1.807) is 28.3 Å². The highest BCUT2D eigenvalue weighted by Gasteiger charge is 2.57. The van der Waals surface area contributed by atoms with Crippen LogP contribution in [0.3, 0.4) is 0 Å². The number of esters is 1. The monoisotopic (exact) mass is 1150 g/mol. The van der Waals surface area contributed by atoms with Crippen molar-refractivity contribution in [3.63, 3.8) is 0 Å². The summed E-state index contributed by atoms with van der Waals surface area (Å²) < 4.78 is 46.6. The molecule has 1 aromatic carbocycles. The van der Waals surface area contributed by atoms with Crippen LogP contribution in [0, 0.1) is 29.6 Å². The fourth-order valence-corrected chi connectivity index (χ4v) is 17.7. The van der Waals surface area contributed by atoms with Crippen molar-refractivity contribution in [1.29, 1.82) is 0 Å². The molecule has 1 aliphatic carbocycles. The Balaban J connectivity index is 1.63. The molecule has 14 unspecified atom stereocenters. The van der Waals surface area contributed by atoms with Gasteiger partial charge in [-0.2, -0.15) is 0 Å². The summed E-state index contributed by atoms with van der Waals surface area (Å²) in [7, 11) is 0.0263. The summed E-state index contributed by atoms with van der Waals surface area (Å²) in [5.74, 6) is -7.03.